The fourth-order valence-electron chi connectivity index (χ4n) is 1.63. The van der Waals surface area contributed by atoms with Crippen LogP contribution in [0.1, 0.15) is 18.1 Å². The summed E-state index contributed by atoms with van der Waals surface area (Å²) < 4.78 is 0. The highest BCUT2D eigenvalue weighted by atomic mass is 16.3. The van der Waals surface area contributed by atoms with Gasteiger partial charge in [-0.1, -0.05) is 6.07 Å². The van der Waals surface area contributed by atoms with Crippen LogP contribution in [0, 0.1) is 11.3 Å². The predicted octanol–water partition coefficient (Wildman–Crippen LogP) is 0.834. The Morgan fingerprint density at radius 2 is 2.25 bits per heavy atom. The summed E-state index contributed by atoms with van der Waals surface area (Å²) in [4.78, 5) is 1.86. The van der Waals surface area contributed by atoms with Gasteiger partial charge in [-0.3, -0.25) is 0 Å². The molecule has 0 amide bonds. The Morgan fingerprint density at radius 3 is 2.75 bits per heavy atom. The van der Waals surface area contributed by atoms with Crippen LogP contribution in [0.3, 0.4) is 0 Å². The van der Waals surface area contributed by atoms with Gasteiger partial charge in [0.15, 0.2) is 0 Å². The van der Waals surface area contributed by atoms with E-state index in [-0.39, 0.29) is 0 Å². The molecular weight excluding hydrogens is 202 g/mol. The van der Waals surface area contributed by atoms with Crippen LogP contribution >= 0.6 is 0 Å². The molecule has 86 valence electrons. The zero-order valence-electron chi connectivity index (χ0n) is 9.64. The number of hydrogen-bond donors (Lipinski definition) is 2. The van der Waals surface area contributed by atoms with Crippen molar-refractivity contribution >= 4 is 5.69 Å². The quantitative estimate of drug-likeness (QED) is 0.786. The predicted molar refractivity (Wildman–Crippen MR) is 64.0 cm³/mol. The van der Waals surface area contributed by atoms with Gasteiger partial charge in [0.2, 0.25) is 0 Å². The maximum atomic E-state index is 9.30. The van der Waals surface area contributed by atoms with Crippen molar-refractivity contribution in [3.63, 3.8) is 0 Å². The topological polar surface area (TPSA) is 73.3 Å². The third-order valence-electron chi connectivity index (χ3n) is 2.37. The van der Waals surface area contributed by atoms with E-state index < -0.39 is 6.10 Å². The van der Waals surface area contributed by atoms with Crippen molar-refractivity contribution in [3.05, 3.63) is 29.3 Å². The van der Waals surface area contributed by atoms with Crippen LogP contribution in [0.5, 0.6) is 0 Å². The molecule has 0 spiro atoms. The summed E-state index contributed by atoms with van der Waals surface area (Å²) >= 11 is 0. The number of nitrogens with two attached hydrogens (primary N) is 1. The number of nitriles is 1. The van der Waals surface area contributed by atoms with Gasteiger partial charge in [0, 0.05) is 20.1 Å². The number of likely N-dealkylation sites (N-methyl/N-ethyl adjacent to an activating group) is 1. The molecule has 0 fully saturated rings. The zero-order chi connectivity index (χ0) is 12.1. The first kappa shape index (κ1) is 12.5. The molecule has 1 unspecified atom stereocenters. The summed E-state index contributed by atoms with van der Waals surface area (Å²) in [6, 6.07) is 7.69. The smallest absolute Gasteiger partial charge is 0.101 e. The number of aliphatic hydroxyl groups excluding tert-OH is 1. The molecule has 0 aliphatic rings. The average molecular weight is 219 g/mol. The van der Waals surface area contributed by atoms with Crippen molar-refractivity contribution in [1.29, 1.82) is 5.26 Å². The van der Waals surface area contributed by atoms with Crippen molar-refractivity contribution in [2.75, 3.05) is 18.5 Å². The lowest BCUT2D eigenvalue weighted by Crippen LogP contribution is -2.27. The van der Waals surface area contributed by atoms with E-state index in [9.17, 15) is 5.11 Å². The van der Waals surface area contributed by atoms with Crippen molar-refractivity contribution in [1.82, 2.24) is 0 Å². The molecule has 1 atom stereocenters. The van der Waals surface area contributed by atoms with Gasteiger partial charge >= 0.3 is 0 Å². The Labute approximate surface area is 95.9 Å². The molecule has 3 N–H and O–H groups in total. The van der Waals surface area contributed by atoms with Crippen LogP contribution in [-0.2, 0) is 6.54 Å². The largest absolute Gasteiger partial charge is 0.392 e. The van der Waals surface area contributed by atoms with Gasteiger partial charge in [0.25, 0.3) is 0 Å². The van der Waals surface area contributed by atoms with E-state index in [2.05, 4.69) is 6.07 Å². The van der Waals surface area contributed by atoms with Gasteiger partial charge in [0.1, 0.15) is 6.07 Å². The molecule has 0 aromatic heterocycles. The maximum Gasteiger partial charge on any atom is 0.101 e. The highest BCUT2D eigenvalue weighted by Crippen LogP contribution is 2.20. The molecule has 16 heavy (non-hydrogen) atoms. The number of nitrogens with zero attached hydrogens (tertiary/aromatic N) is 2. The van der Waals surface area contributed by atoms with Crippen molar-refractivity contribution in [2.45, 2.75) is 19.6 Å². The van der Waals surface area contributed by atoms with Crippen LogP contribution in [0.15, 0.2) is 18.2 Å². The molecule has 0 heterocycles. The molecule has 0 bridgehead atoms. The Bertz CT molecular complexity index is 396. The second-order valence-electron chi connectivity index (χ2n) is 3.90. The number of rotatable bonds is 4. The second-order valence-corrected chi connectivity index (χ2v) is 3.90. The average Bonchev–Trinajstić information content (AvgIpc) is 2.27. The van der Waals surface area contributed by atoms with E-state index in [1.807, 2.05) is 24.1 Å². The standard InChI is InChI=1S/C12H17N3O/c1-9(16)8-15(2)12-4-3-10(6-13)5-11(12)7-14/h3-5,9,16H,6,8,13H2,1-2H3. The number of anilines is 1. The number of hydrogen-bond acceptors (Lipinski definition) is 4. The van der Waals surface area contributed by atoms with Crippen LogP contribution in [-0.4, -0.2) is 24.8 Å². The van der Waals surface area contributed by atoms with E-state index in [0.717, 1.165) is 11.3 Å². The maximum absolute atomic E-state index is 9.30. The van der Waals surface area contributed by atoms with Gasteiger partial charge in [-0.25, -0.2) is 0 Å². The zero-order valence-corrected chi connectivity index (χ0v) is 9.64. The molecular formula is C12H17N3O. The Hall–Kier alpha value is -1.57. The molecule has 0 aliphatic heterocycles. The van der Waals surface area contributed by atoms with E-state index >= 15 is 0 Å². The van der Waals surface area contributed by atoms with Gasteiger partial charge in [-0.2, -0.15) is 5.26 Å². The molecule has 4 nitrogen and oxygen atoms in total. The second kappa shape index (κ2) is 5.50. The highest BCUT2D eigenvalue weighted by Gasteiger charge is 2.09. The third-order valence-corrected chi connectivity index (χ3v) is 2.37. The molecule has 4 heteroatoms. The van der Waals surface area contributed by atoms with E-state index in [0.29, 0.717) is 18.7 Å². The Kier molecular flexibility index (Phi) is 4.29. The summed E-state index contributed by atoms with van der Waals surface area (Å²) in [7, 11) is 1.85. The first-order valence-electron chi connectivity index (χ1n) is 5.20. The molecule has 1 aromatic rings. The number of aliphatic hydroxyl groups is 1. The summed E-state index contributed by atoms with van der Waals surface area (Å²) in [5.74, 6) is 0. The Balaban J connectivity index is 3.00. The number of benzene rings is 1. The minimum Gasteiger partial charge on any atom is -0.392 e. The molecule has 0 saturated carbocycles. The van der Waals surface area contributed by atoms with Crippen molar-refractivity contribution in [2.24, 2.45) is 5.73 Å². The lowest BCUT2D eigenvalue weighted by Gasteiger charge is -2.22. The lowest BCUT2D eigenvalue weighted by atomic mass is 10.1. The fourth-order valence-corrected chi connectivity index (χ4v) is 1.63. The van der Waals surface area contributed by atoms with E-state index in [1.54, 1.807) is 13.0 Å². The fraction of sp³-hybridized carbons (Fsp3) is 0.417. The molecule has 0 aliphatic carbocycles. The van der Waals surface area contributed by atoms with Crippen LogP contribution < -0.4 is 10.6 Å². The van der Waals surface area contributed by atoms with Gasteiger partial charge < -0.3 is 15.7 Å². The van der Waals surface area contributed by atoms with Gasteiger partial charge in [-0.15, -0.1) is 0 Å². The summed E-state index contributed by atoms with van der Waals surface area (Å²) in [6.45, 7) is 2.64. The SMILES string of the molecule is CC(O)CN(C)c1ccc(CN)cc1C#N. The first-order valence-corrected chi connectivity index (χ1v) is 5.20. The molecule has 1 aromatic carbocycles. The highest BCUT2D eigenvalue weighted by molar-refractivity contribution is 5.60. The normalized spacial score (nSPS) is 11.9. The van der Waals surface area contributed by atoms with Crippen molar-refractivity contribution in [3.8, 4) is 6.07 Å². The lowest BCUT2D eigenvalue weighted by molar-refractivity contribution is 0.201. The molecule has 0 saturated heterocycles. The summed E-state index contributed by atoms with van der Waals surface area (Å²) in [6.07, 6.45) is -0.425. The van der Waals surface area contributed by atoms with E-state index in [1.165, 1.54) is 0 Å². The monoisotopic (exact) mass is 219 g/mol. The minimum atomic E-state index is -0.425. The van der Waals surface area contributed by atoms with E-state index in [4.69, 9.17) is 11.0 Å². The summed E-state index contributed by atoms with van der Waals surface area (Å²) in [5.41, 5.74) is 7.86. The molecule has 0 radical (unpaired) electrons. The first-order chi connectivity index (χ1) is 7.58. The minimum absolute atomic E-state index is 0.425. The Morgan fingerprint density at radius 1 is 1.56 bits per heavy atom. The van der Waals surface area contributed by atoms with Gasteiger partial charge in [-0.05, 0) is 24.6 Å². The summed E-state index contributed by atoms with van der Waals surface area (Å²) in [5, 5.41) is 18.3. The van der Waals surface area contributed by atoms with Crippen LogP contribution in [0.25, 0.3) is 0 Å². The van der Waals surface area contributed by atoms with Gasteiger partial charge in [0.05, 0.1) is 17.4 Å². The third kappa shape index (κ3) is 2.96. The van der Waals surface area contributed by atoms with Crippen LogP contribution in [0.4, 0.5) is 5.69 Å². The van der Waals surface area contributed by atoms with Crippen LogP contribution in [0.2, 0.25) is 0 Å². The van der Waals surface area contributed by atoms with Crippen molar-refractivity contribution < 1.29 is 5.11 Å². The molecule has 1 rings (SSSR count).